The molecule has 13 nitrogen and oxygen atoms in total. The van der Waals surface area contributed by atoms with Crippen LogP contribution in [0.15, 0.2) is 66.7 Å². The van der Waals surface area contributed by atoms with Gasteiger partial charge in [0.1, 0.15) is 0 Å². The number of fused-ring (bicyclic) bond motifs is 1. The quantitative estimate of drug-likeness (QED) is 0.128. The predicted octanol–water partition coefficient (Wildman–Crippen LogP) is 2.06. The maximum atomic E-state index is 12.6. The molecule has 3 aromatic carbocycles. The number of methoxy groups -OCH3 is 1. The van der Waals surface area contributed by atoms with Crippen molar-refractivity contribution in [3.05, 3.63) is 77.9 Å². The number of amides is 1. The number of ether oxygens (including phenoxy) is 1. The third-order valence-corrected chi connectivity index (χ3v) is 9.66. The Labute approximate surface area is 254 Å². The fraction of sp³-hybridized carbons (Fsp3) is 0.120. The van der Waals surface area contributed by atoms with Crippen LogP contribution in [-0.2, 0) is 10.1 Å². The van der Waals surface area contributed by atoms with Gasteiger partial charge in [0, 0.05) is 0 Å². The summed E-state index contributed by atoms with van der Waals surface area (Å²) in [5.41, 5.74) is 1.92. The molecule has 0 saturated carbocycles. The summed E-state index contributed by atoms with van der Waals surface area (Å²) in [4.78, 5) is 31.7. The van der Waals surface area contributed by atoms with Crippen LogP contribution in [0.4, 0.5) is 0 Å². The number of thiazole rings is 1. The molecule has 2 aromatic heterocycles. The number of carboxylic acids is 1. The van der Waals surface area contributed by atoms with Crippen molar-refractivity contribution in [1.82, 2.24) is 25.3 Å². The normalized spacial score (nSPS) is 12.3. The van der Waals surface area contributed by atoms with E-state index >= 15 is 0 Å². The molecular weight excluding hydrogens is 583 g/mol. The van der Waals surface area contributed by atoms with E-state index in [-0.39, 0.29) is 26.4 Å². The summed E-state index contributed by atoms with van der Waals surface area (Å²) in [6.07, 6.45) is 0. The molecule has 0 aliphatic heterocycles. The second-order valence-electron chi connectivity index (χ2n) is 8.72. The standard InChI is InChI=1S/C25H19N6O7S2.Na/c1-14(40(35,36)37)26-23(32)16-9-7-15(8-10-16)22-28-30(19-12-11-17(24(33)34)13-20(19)38-2)31(29-22)25-27-18-5-3-4-6-21(18)39-25;/h3-14H,1H2,2H3,(H2-,26,32,33,34,35,36,37);/p+1. The molecule has 5 aromatic rings. The van der Waals surface area contributed by atoms with E-state index in [1.807, 2.05) is 24.3 Å². The van der Waals surface area contributed by atoms with Gasteiger partial charge in [0.25, 0.3) is 0 Å². The van der Waals surface area contributed by atoms with Crippen LogP contribution in [0, 0.1) is 0 Å². The minimum absolute atomic E-state index is 0.0352. The number of carbonyl (C=O) groups excluding carboxylic acids is 1. The number of hydrogen-bond acceptors (Lipinski definition) is 9. The van der Waals surface area contributed by atoms with Gasteiger partial charge >= 0.3 is 154 Å². The molecule has 0 fully saturated rings. The molecule has 0 radical (unpaired) electrons. The first kappa shape index (κ1) is 28.8. The number of carbonyl (C=O) groups is 2. The second kappa shape index (κ2) is 11.6. The average Bonchev–Trinajstić information content (AvgIpc) is 3.59. The van der Waals surface area contributed by atoms with Gasteiger partial charge in [-0.05, 0) is 30.3 Å². The number of carboxylic acid groups (broad SMARTS) is 1. The molecular formula is C25H20N6NaO7S2+. The number of tetrazole rings is 1. The van der Waals surface area contributed by atoms with Gasteiger partial charge in [0.05, 0.1) is 22.9 Å². The van der Waals surface area contributed by atoms with E-state index in [2.05, 4.69) is 20.5 Å². The molecule has 5 rings (SSSR count). The van der Waals surface area contributed by atoms with Gasteiger partial charge in [-0.3, -0.25) is 0 Å². The van der Waals surface area contributed by atoms with E-state index < -0.39 is 27.4 Å². The Morgan fingerprint density at radius 1 is 1.12 bits per heavy atom. The van der Waals surface area contributed by atoms with E-state index in [9.17, 15) is 27.7 Å². The monoisotopic (exact) mass is 603 g/mol. The smallest absolute Gasteiger partial charge is 0.213 e. The molecule has 204 valence electrons. The first-order valence-electron chi connectivity index (χ1n) is 12.1. The molecule has 3 N–H and O–H groups in total. The zero-order chi connectivity index (χ0) is 29.3. The number of aromatic nitrogens is 5. The summed E-state index contributed by atoms with van der Waals surface area (Å²) < 4.78 is 38.8. The first-order chi connectivity index (χ1) is 19.6. The zero-order valence-corrected chi connectivity index (χ0v) is 25.3. The van der Waals surface area contributed by atoms with Crippen LogP contribution in [0.5, 0.6) is 5.75 Å². The fourth-order valence-corrected chi connectivity index (χ4v) is 7.04. The Balaban J connectivity index is 1.57. The number of hydrogen-bond donors (Lipinski definition) is 3. The molecule has 0 saturated heterocycles. The SMILES string of the molecule is COc1cc(C(=O)O)ccc1-[n+]1nc(-c2ccc(C(=O)NC([CH2][Na])S(=O)(=O)O)cc2)nn1-c1nc2ccccc2s1. The summed E-state index contributed by atoms with van der Waals surface area (Å²) >= 11 is 1.84. The number of aromatic carboxylic acids is 1. The van der Waals surface area contributed by atoms with Crippen molar-refractivity contribution in [3.8, 4) is 28.0 Å². The van der Waals surface area contributed by atoms with E-state index in [0.29, 0.717) is 44.3 Å². The molecule has 1 atom stereocenters. The van der Waals surface area contributed by atoms with Crippen LogP contribution in [0.3, 0.4) is 0 Å². The zero-order valence-electron chi connectivity index (χ0n) is 21.6. The van der Waals surface area contributed by atoms with E-state index in [4.69, 9.17) is 4.74 Å². The fourth-order valence-electron chi connectivity index (χ4n) is 3.99. The van der Waals surface area contributed by atoms with Crippen LogP contribution < -0.4 is 14.9 Å². The minimum Gasteiger partial charge on any atom is -0.213 e. The van der Waals surface area contributed by atoms with Crippen molar-refractivity contribution < 1.29 is 37.2 Å². The van der Waals surface area contributed by atoms with Crippen molar-refractivity contribution in [2.75, 3.05) is 7.11 Å². The van der Waals surface area contributed by atoms with Crippen molar-refractivity contribution in [2.45, 2.75) is 9.04 Å². The van der Waals surface area contributed by atoms with Crippen LogP contribution in [0.25, 0.3) is 32.4 Å². The minimum atomic E-state index is -4.42. The molecule has 16 heteroatoms. The Morgan fingerprint density at radius 2 is 1.83 bits per heavy atom. The average molecular weight is 604 g/mol. The maximum absolute atomic E-state index is 12.6. The number of benzene rings is 3. The Morgan fingerprint density at radius 3 is 2.46 bits per heavy atom. The van der Waals surface area contributed by atoms with Crippen LogP contribution in [-0.4, -0.2) is 90.3 Å². The number of rotatable bonds is 9. The number of nitrogens with zero attached hydrogens (tertiary/aromatic N) is 5. The molecule has 0 aliphatic rings. The summed E-state index contributed by atoms with van der Waals surface area (Å²) in [6, 6.07) is 18.1. The van der Waals surface area contributed by atoms with Crippen LogP contribution >= 0.6 is 11.3 Å². The molecule has 0 spiro atoms. The Hall–Kier alpha value is -3.73. The van der Waals surface area contributed by atoms with E-state index in [1.165, 1.54) is 52.3 Å². The summed E-state index contributed by atoms with van der Waals surface area (Å²) in [5.74, 6) is -1.26. The predicted molar refractivity (Wildman–Crippen MR) is 148 cm³/mol. The third-order valence-electron chi connectivity index (χ3n) is 6.08. The number of para-hydroxylation sites is 1. The van der Waals surface area contributed by atoms with Crippen molar-refractivity contribution in [3.63, 3.8) is 0 Å². The molecule has 41 heavy (non-hydrogen) atoms. The van der Waals surface area contributed by atoms with E-state index in [1.54, 1.807) is 18.2 Å². The topological polar surface area (TPSA) is 177 Å². The van der Waals surface area contributed by atoms with Gasteiger partial charge in [-0.25, -0.2) is 9.78 Å². The Bertz CT molecular complexity index is 1860. The molecule has 1 amide bonds. The molecule has 0 aliphatic carbocycles. The second-order valence-corrected chi connectivity index (χ2v) is 12.1. The Kier molecular flexibility index (Phi) is 8.17. The van der Waals surface area contributed by atoms with Gasteiger partial charge in [-0.15, -0.1) is 0 Å². The summed E-state index contributed by atoms with van der Waals surface area (Å²) in [5, 5.41) is 20.2. The van der Waals surface area contributed by atoms with Crippen LogP contribution in [0.2, 0.25) is 3.67 Å². The number of nitrogens with one attached hydrogen (secondary N) is 1. The van der Waals surface area contributed by atoms with Crippen molar-refractivity contribution in [2.24, 2.45) is 0 Å². The third kappa shape index (κ3) is 6.00. The van der Waals surface area contributed by atoms with Gasteiger partial charge in [0.15, 0.2) is 5.75 Å². The van der Waals surface area contributed by atoms with Gasteiger partial charge in [0.2, 0.25) is 0 Å². The summed E-state index contributed by atoms with van der Waals surface area (Å²) in [6.45, 7) is 0. The first-order valence-corrected chi connectivity index (χ1v) is 15.9. The van der Waals surface area contributed by atoms with Crippen LogP contribution in [0.1, 0.15) is 20.7 Å². The van der Waals surface area contributed by atoms with Crippen molar-refractivity contribution in [1.29, 1.82) is 0 Å². The van der Waals surface area contributed by atoms with Gasteiger partial charge in [-0.2, -0.15) is 0 Å². The summed E-state index contributed by atoms with van der Waals surface area (Å²) in [7, 11) is -3.00. The molecule has 1 unspecified atom stereocenters. The molecule has 2 heterocycles. The van der Waals surface area contributed by atoms with Crippen molar-refractivity contribution >= 4 is 71.5 Å². The molecule has 0 bridgehead atoms. The van der Waals surface area contributed by atoms with Gasteiger partial charge in [-0.1, -0.05) is 23.5 Å². The van der Waals surface area contributed by atoms with E-state index in [0.717, 1.165) is 10.2 Å². The van der Waals surface area contributed by atoms with Gasteiger partial charge < -0.3 is 9.84 Å².